The number of hydrogen-bond donors (Lipinski definition) is 3. The number of rotatable bonds is 0. The van der Waals surface area contributed by atoms with Gasteiger partial charge in [0.05, 0.1) is 0 Å². The average molecular weight is 502 g/mol. The molecule has 0 unspecified atom stereocenters. The molecular formula is H7BiFeKMoO4P. The zero-order chi connectivity index (χ0) is 4.50. The second kappa shape index (κ2) is 14.4. The summed E-state index contributed by atoms with van der Waals surface area (Å²) in [6.07, 6.45) is 0. The van der Waals surface area contributed by atoms with Gasteiger partial charge in [0, 0.05) is 38.1 Å². The largest absolute Gasteiger partial charge is 0 e. The maximum Gasteiger partial charge on any atom is 0 e. The van der Waals surface area contributed by atoms with Crippen LogP contribution >= 0.6 is 7.82 Å². The molecule has 9 heavy (non-hydrogen) atoms. The Morgan fingerprint density at radius 1 is 1.11 bits per heavy atom. The first-order valence-corrected chi connectivity index (χ1v) is 2.35. The van der Waals surface area contributed by atoms with Crippen molar-refractivity contribution >= 4 is 85.4 Å². The Kier molecular flexibility index (Phi) is 46.7. The predicted octanol–water partition coefficient (Wildman–Crippen LogP) is -2.77. The van der Waals surface area contributed by atoms with Gasteiger partial charge in [-0.15, -0.1) is 0 Å². The van der Waals surface area contributed by atoms with E-state index >= 15 is 0 Å². The van der Waals surface area contributed by atoms with Gasteiger partial charge in [0.25, 0.3) is 0 Å². The summed E-state index contributed by atoms with van der Waals surface area (Å²) in [5.74, 6) is 0. The van der Waals surface area contributed by atoms with E-state index in [1.165, 1.54) is 0 Å². The van der Waals surface area contributed by atoms with Gasteiger partial charge in [-0.1, -0.05) is 0 Å². The SMILES string of the molecule is O=P(O)(O)O.[BiH3].[Fe].[KH].[Mo]. The van der Waals surface area contributed by atoms with E-state index < -0.39 is 7.82 Å². The van der Waals surface area contributed by atoms with Crippen LogP contribution < -0.4 is 0 Å². The first kappa shape index (κ1) is 29.3. The van der Waals surface area contributed by atoms with E-state index in [1.807, 2.05) is 0 Å². The van der Waals surface area contributed by atoms with Crippen molar-refractivity contribution in [3.63, 3.8) is 0 Å². The minimum Gasteiger partial charge on any atom is 0 e. The summed E-state index contributed by atoms with van der Waals surface area (Å²) < 4.78 is 8.88. The zero-order valence-electron chi connectivity index (χ0n) is 3.67. The fourth-order valence-corrected chi connectivity index (χ4v) is 0. The van der Waals surface area contributed by atoms with Crippen molar-refractivity contribution in [2.45, 2.75) is 0 Å². The predicted molar refractivity (Wildman–Crippen MR) is 31.4 cm³/mol. The van der Waals surface area contributed by atoms with Gasteiger partial charge in [-0.25, -0.2) is 4.57 Å². The van der Waals surface area contributed by atoms with Crippen molar-refractivity contribution in [1.29, 1.82) is 0 Å². The topological polar surface area (TPSA) is 77.8 Å². The maximum absolute atomic E-state index is 8.88. The Bertz CT molecular complexity index is 66.7. The van der Waals surface area contributed by atoms with Crippen molar-refractivity contribution in [2.75, 3.05) is 0 Å². The maximum atomic E-state index is 8.88. The average Bonchev–Trinajstić information content (AvgIpc) is 0.722. The standard InChI is InChI=1S/Bi.Fe.K.Mo.H3O4P.4H/c;;;;1-5(2,3)4;;;;/h;;;;(H3,1,2,3,4);;;;. The third kappa shape index (κ3) is 77.8. The molecular weight excluding hydrogens is 495 g/mol. The van der Waals surface area contributed by atoms with Gasteiger partial charge in [-0.3, -0.25) is 0 Å². The van der Waals surface area contributed by atoms with Crippen LogP contribution in [-0.4, -0.2) is 92.3 Å². The minimum absolute atomic E-state index is 0. The van der Waals surface area contributed by atoms with Gasteiger partial charge in [0.1, 0.15) is 0 Å². The molecule has 0 heterocycles. The summed E-state index contributed by atoms with van der Waals surface area (Å²) in [6, 6.07) is 0. The first-order chi connectivity index (χ1) is 2.00. The second-order valence-corrected chi connectivity index (χ2v) is 1.54. The molecule has 4 nitrogen and oxygen atoms in total. The van der Waals surface area contributed by atoms with E-state index in [9.17, 15) is 0 Å². The Balaban J connectivity index is -0.0000000133. The smallest absolute Gasteiger partial charge is 0 e. The third-order valence-corrected chi connectivity index (χ3v) is 0. The summed E-state index contributed by atoms with van der Waals surface area (Å²) in [5.41, 5.74) is 0. The minimum atomic E-state index is -4.64. The molecule has 0 rings (SSSR count). The van der Waals surface area contributed by atoms with Crippen LogP contribution in [0.4, 0.5) is 0 Å². The second-order valence-electron chi connectivity index (χ2n) is 0.513. The van der Waals surface area contributed by atoms with Gasteiger partial charge in [0.15, 0.2) is 0 Å². The Labute approximate surface area is 139 Å². The van der Waals surface area contributed by atoms with Gasteiger partial charge in [-0.2, -0.15) is 0 Å². The van der Waals surface area contributed by atoms with Gasteiger partial charge in [0.2, 0.25) is 0 Å². The molecule has 0 spiro atoms. The number of hydrogen-bond acceptors (Lipinski definition) is 1. The van der Waals surface area contributed by atoms with Gasteiger partial charge >= 0.3 is 85.4 Å². The summed E-state index contributed by atoms with van der Waals surface area (Å²) in [4.78, 5) is 21.6. The molecule has 0 atom stereocenters. The van der Waals surface area contributed by atoms with E-state index in [2.05, 4.69) is 0 Å². The van der Waals surface area contributed by atoms with E-state index in [0.717, 1.165) is 0 Å². The first-order valence-electron chi connectivity index (χ1n) is 0.783. The van der Waals surface area contributed by atoms with Crippen LogP contribution in [-0.2, 0) is 42.7 Å². The van der Waals surface area contributed by atoms with Crippen LogP contribution in [0.25, 0.3) is 0 Å². The van der Waals surface area contributed by atoms with Crippen molar-refractivity contribution < 1.29 is 57.4 Å². The Morgan fingerprint density at radius 3 is 1.11 bits per heavy atom. The molecule has 0 aromatic heterocycles. The van der Waals surface area contributed by atoms with E-state index in [0.29, 0.717) is 0 Å². The molecule has 0 aliphatic rings. The molecule has 0 amide bonds. The molecule has 3 N–H and O–H groups in total. The van der Waals surface area contributed by atoms with E-state index in [-0.39, 0.29) is 116 Å². The van der Waals surface area contributed by atoms with Crippen molar-refractivity contribution in [3.8, 4) is 0 Å². The summed E-state index contributed by atoms with van der Waals surface area (Å²) in [6.45, 7) is 0. The van der Waals surface area contributed by atoms with Crippen LogP contribution in [0.1, 0.15) is 0 Å². The molecule has 0 aromatic rings. The summed E-state index contributed by atoms with van der Waals surface area (Å²) in [5, 5.41) is 0. The van der Waals surface area contributed by atoms with Crippen LogP contribution in [0.3, 0.4) is 0 Å². The van der Waals surface area contributed by atoms with Gasteiger partial charge < -0.3 is 14.7 Å². The fourth-order valence-electron chi connectivity index (χ4n) is 0. The third-order valence-electron chi connectivity index (χ3n) is 0. The van der Waals surface area contributed by atoms with Gasteiger partial charge in [-0.05, 0) is 0 Å². The summed E-state index contributed by atoms with van der Waals surface area (Å²) >= 11 is 0. The molecule has 9 heteroatoms. The molecule has 0 aliphatic heterocycles. The van der Waals surface area contributed by atoms with Crippen LogP contribution in [0.2, 0.25) is 0 Å². The van der Waals surface area contributed by atoms with Crippen LogP contribution in [0, 0.1) is 0 Å². The Morgan fingerprint density at radius 2 is 1.11 bits per heavy atom. The van der Waals surface area contributed by atoms with Crippen LogP contribution in [0.15, 0.2) is 0 Å². The van der Waals surface area contributed by atoms with Crippen molar-refractivity contribution in [3.05, 3.63) is 0 Å². The zero-order valence-corrected chi connectivity index (χ0v) is 13.2. The Hall–Kier alpha value is 3.84. The fraction of sp³-hybridized carbons (Fsp3) is 0. The van der Waals surface area contributed by atoms with Crippen LogP contribution in [0.5, 0.6) is 0 Å². The normalized spacial score (nSPS) is 6.56. The van der Waals surface area contributed by atoms with E-state index in [1.54, 1.807) is 0 Å². The molecule has 0 saturated heterocycles. The molecule has 56 valence electrons. The van der Waals surface area contributed by atoms with Crippen molar-refractivity contribution in [2.24, 2.45) is 0 Å². The monoisotopic (exact) mass is 504 g/mol. The molecule has 0 saturated carbocycles. The molecule has 0 aromatic carbocycles. The molecule has 0 radical (unpaired) electrons. The number of phosphoric acid groups is 1. The summed E-state index contributed by atoms with van der Waals surface area (Å²) in [7, 11) is -4.64. The molecule has 0 aliphatic carbocycles. The molecule has 0 bridgehead atoms. The van der Waals surface area contributed by atoms with Crippen molar-refractivity contribution in [1.82, 2.24) is 0 Å². The molecule has 0 fully saturated rings. The quantitative estimate of drug-likeness (QED) is 0.248. The van der Waals surface area contributed by atoms with E-state index in [4.69, 9.17) is 19.2 Å².